The van der Waals surface area contributed by atoms with Crippen LogP contribution in [0.3, 0.4) is 0 Å². The van der Waals surface area contributed by atoms with Crippen LogP contribution in [0.1, 0.15) is 25.0 Å². The van der Waals surface area contributed by atoms with Crippen molar-refractivity contribution in [3.63, 3.8) is 0 Å². The third-order valence-electron chi connectivity index (χ3n) is 3.26. The second-order valence-corrected chi connectivity index (χ2v) is 5.21. The molecule has 0 aliphatic rings. The fourth-order valence-electron chi connectivity index (χ4n) is 2.03. The molecule has 0 bridgehead atoms. The number of methoxy groups -OCH3 is 1. The molecular weight excluding hydrogens is 266 g/mol. The predicted octanol–water partition coefficient (Wildman–Crippen LogP) is 3.11. The monoisotopic (exact) mass is 285 g/mol. The van der Waals surface area contributed by atoms with Gasteiger partial charge in [0.25, 0.3) is 0 Å². The smallest absolute Gasteiger partial charge is 0.310 e. The van der Waals surface area contributed by atoms with E-state index >= 15 is 0 Å². The van der Waals surface area contributed by atoms with E-state index in [1.807, 2.05) is 50.2 Å². The molecule has 4 heteroatoms. The van der Waals surface area contributed by atoms with Gasteiger partial charge < -0.3 is 9.47 Å². The highest BCUT2D eigenvalue weighted by atomic mass is 16.5. The number of hydrogen-bond acceptors (Lipinski definition) is 4. The van der Waals surface area contributed by atoms with Gasteiger partial charge in [0.2, 0.25) is 0 Å². The van der Waals surface area contributed by atoms with Gasteiger partial charge in [-0.05, 0) is 26.0 Å². The van der Waals surface area contributed by atoms with E-state index in [0.717, 1.165) is 11.1 Å². The maximum Gasteiger partial charge on any atom is 0.310 e. The lowest BCUT2D eigenvalue weighted by molar-refractivity contribution is -0.139. The number of ether oxygens (including phenoxy) is 2. The zero-order valence-electron chi connectivity index (χ0n) is 12.5. The molecule has 0 atom stereocenters. The van der Waals surface area contributed by atoms with Crippen LogP contribution in [-0.2, 0) is 21.6 Å². The van der Waals surface area contributed by atoms with E-state index in [-0.39, 0.29) is 12.4 Å². The molecule has 21 heavy (non-hydrogen) atoms. The van der Waals surface area contributed by atoms with E-state index in [1.54, 1.807) is 12.4 Å². The van der Waals surface area contributed by atoms with Gasteiger partial charge in [0.1, 0.15) is 11.4 Å². The summed E-state index contributed by atoms with van der Waals surface area (Å²) in [6, 6.07) is 11.3. The first-order chi connectivity index (χ1) is 10.0. The van der Waals surface area contributed by atoms with Gasteiger partial charge in [-0.15, -0.1) is 0 Å². The molecule has 0 spiro atoms. The topological polar surface area (TPSA) is 48.4 Å². The van der Waals surface area contributed by atoms with Crippen molar-refractivity contribution in [2.45, 2.75) is 25.9 Å². The van der Waals surface area contributed by atoms with Gasteiger partial charge in [-0.25, -0.2) is 0 Å². The van der Waals surface area contributed by atoms with Crippen LogP contribution >= 0.6 is 0 Å². The number of carbonyl (C=O) groups is 1. The second-order valence-electron chi connectivity index (χ2n) is 5.21. The number of hydrogen-bond donors (Lipinski definition) is 0. The zero-order valence-corrected chi connectivity index (χ0v) is 12.5. The first-order valence-electron chi connectivity index (χ1n) is 6.77. The van der Waals surface area contributed by atoms with Crippen LogP contribution < -0.4 is 4.74 Å². The van der Waals surface area contributed by atoms with Crippen molar-refractivity contribution in [3.05, 3.63) is 59.9 Å². The lowest BCUT2D eigenvalue weighted by Gasteiger charge is -2.27. The molecule has 0 radical (unpaired) electrons. The summed E-state index contributed by atoms with van der Waals surface area (Å²) in [5.41, 5.74) is 1.24. The third-order valence-corrected chi connectivity index (χ3v) is 3.26. The van der Waals surface area contributed by atoms with Crippen LogP contribution in [0.5, 0.6) is 5.75 Å². The van der Waals surface area contributed by atoms with E-state index in [1.165, 1.54) is 7.11 Å². The molecule has 0 fully saturated rings. The Kier molecular flexibility index (Phi) is 4.58. The highest BCUT2D eigenvalue weighted by Gasteiger charge is 2.24. The molecule has 110 valence electrons. The molecule has 0 N–H and O–H groups in total. The minimum absolute atomic E-state index is 0.190. The summed E-state index contributed by atoms with van der Waals surface area (Å²) in [5, 5.41) is 0. The largest absolute Gasteiger partial charge is 0.483 e. The van der Waals surface area contributed by atoms with Crippen molar-refractivity contribution in [1.29, 1.82) is 0 Å². The molecule has 0 amide bonds. The summed E-state index contributed by atoms with van der Waals surface area (Å²) in [6.07, 6.45) is 3.70. The number of pyridine rings is 1. The summed E-state index contributed by atoms with van der Waals surface area (Å²) >= 11 is 0. The van der Waals surface area contributed by atoms with Crippen molar-refractivity contribution in [3.8, 4) is 5.75 Å². The van der Waals surface area contributed by atoms with Crippen LogP contribution in [0.25, 0.3) is 0 Å². The summed E-state index contributed by atoms with van der Waals surface area (Å²) < 4.78 is 10.8. The number of nitrogens with zero attached hydrogens (tertiary/aromatic N) is 1. The van der Waals surface area contributed by atoms with Gasteiger partial charge in [0, 0.05) is 23.5 Å². The molecule has 2 aromatic rings. The Bertz CT molecular complexity index is 608. The van der Waals surface area contributed by atoms with E-state index in [2.05, 4.69) is 4.98 Å². The molecule has 2 rings (SSSR count). The highest BCUT2D eigenvalue weighted by Crippen LogP contribution is 2.29. The number of esters is 1. The fraction of sp³-hybridized carbons (Fsp3) is 0.294. The van der Waals surface area contributed by atoms with Crippen LogP contribution in [0.2, 0.25) is 0 Å². The molecule has 0 saturated carbocycles. The summed E-state index contributed by atoms with van der Waals surface area (Å²) in [4.78, 5) is 15.6. The Morgan fingerprint density at radius 2 is 1.95 bits per heavy atom. The van der Waals surface area contributed by atoms with Crippen LogP contribution in [0.4, 0.5) is 0 Å². The van der Waals surface area contributed by atoms with Gasteiger partial charge in [-0.1, -0.05) is 24.3 Å². The Labute approximate surface area is 124 Å². The number of carbonyl (C=O) groups excluding carboxylic acids is 1. The molecule has 1 aromatic carbocycles. The molecule has 0 aliphatic heterocycles. The summed E-state index contributed by atoms with van der Waals surface area (Å²) in [5.74, 6) is 0.391. The van der Waals surface area contributed by atoms with Crippen molar-refractivity contribution < 1.29 is 14.3 Å². The average Bonchev–Trinajstić information content (AvgIpc) is 2.50. The number of para-hydroxylation sites is 1. The Morgan fingerprint density at radius 1 is 1.19 bits per heavy atom. The van der Waals surface area contributed by atoms with E-state index in [0.29, 0.717) is 5.75 Å². The number of rotatable bonds is 5. The highest BCUT2D eigenvalue weighted by molar-refractivity contribution is 5.73. The van der Waals surface area contributed by atoms with Gasteiger partial charge in [0.05, 0.1) is 13.5 Å². The minimum Gasteiger partial charge on any atom is -0.483 e. The number of benzene rings is 1. The lowest BCUT2D eigenvalue weighted by atomic mass is 9.99. The molecule has 1 aromatic heterocycles. The zero-order chi connectivity index (χ0) is 15.3. The maximum absolute atomic E-state index is 11.5. The van der Waals surface area contributed by atoms with Crippen LogP contribution in [-0.4, -0.2) is 18.1 Å². The van der Waals surface area contributed by atoms with Gasteiger partial charge in [0.15, 0.2) is 0 Å². The second kappa shape index (κ2) is 6.39. The van der Waals surface area contributed by atoms with Gasteiger partial charge in [-0.2, -0.15) is 0 Å². The van der Waals surface area contributed by atoms with Crippen molar-refractivity contribution in [2.24, 2.45) is 0 Å². The lowest BCUT2D eigenvalue weighted by Crippen LogP contribution is -2.26. The van der Waals surface area contributed by atoms with E-state index in [4.69, 9.17) is 9.47 Å². The Balaban J connectivity index is 2.25. The molecule has 0 saturated heterocycles. The fourth-order valence-corrected chi connectivity index (χ4v) is 2.03. The van der Waals surface area contributed by atoms with Gasteiger partial charge in [-0.3, -0.25) is 9.78 Å². The quantitative estimate of drug-likeness (QED) is 0.792. The summed E-state index contributed by atoms with van der Waals surface area (Å²) in [6.45, 7) is 3.94. The average molecular weight is 285 g/mol. The first-order valence-corrected chi connectivity index (χ1v) is 6.77. The molecule has 1 heterocycles. The SMILES string of the molecule is COC(=O)Cc1ccccc1OC(C)(C)c1cccnc1. The van der Waals surface area contributed by atoms with Gasteiger partial charge >= 0.3 is 5.97 Å². The first kappa shape index (κ1) is 15.0. The normalized spacial score (nSPS) is 11.0. The standard InChI is InChI=1S/C17H19NO3/c1-17(2,14-8-6-10-18-12-14)21-15-9-5-4-7-13(15)11-16(19)20-3/h4-10,12H,11H2,1-3H3. The predicted molar refractivity (Wildman–Crippen MR) is 80.1 cm³/mol. The van der Waals surface area contributed by atoms with E-state index < -0.39 is 5.60 Å². The molecule has 0 unspecified atom stereocenters. The van der Waals surface area contributed by atoms with Crippen molar-refractivity contribution in [2.75, 3.05) is 7.11 Å². The Hall–Kier alpha value is -2.36. The summed E-state index contributed by atoms with van der Waals surface area (Å²) in [7, 11) is 1.38. The maximum atomic E-state index is 11.5. The molecular formula is C17H19NO3. The minimum atomic E-state index is -0.541. The van der Waals surface area contributed by atoms with Crippen LogP contribution in [0, 0.1) is 0 Å². The Morgan fingerprint density at radius 3 is 2.62 bits per heavy atom. The van der Waals surface area contributed by atoms with Crippen LogP contribution in [0.15, 0.2) is 48.8 Å². The third kappa shape index (κ3) is 3.81. The van der Waals surface area contributed by atoms with Crippen molar-refractivity contribution >= 4 is 5.97 Å². The molecule has 4 nitrogen and oxygen atoms in total. The molecule has 0 aliphatic carbocycles. The van der Waals surface area contributed by atoms with E-state index in [9.17, 15) is 4.79 Å². The number of aromatic nitrogens is 1. The van der Waals surface area contributed by atoms with Crippen molar-refractivity contribution in [1.82, 2.24) is 4.98 Å².